The Kier molecular flexibility index (Phi) is 6.41. The van der Waals surface area contributed by atoms with Gasteiger partial charge in [-0.25, -0.2) is 9.97 Å². The summed E-state index contributed by atoms with van der Waals surface area (Å²) in [5.74, 6) is -0.128. The molecule has 0 saturated heterocycles. The smallest absolute Gasteiger partial charge is 0.324 e. The second-order valence-corrected chi connectivity index (χ2v) is 9.10. The number of pyridine rings is 1. The van der Waals surface area contributed by atoms with Crippen LogP contribution in [-0.2, 0) is 13.2 Å². The number of hydrogen-bond acceptors (Lipinski definition) is 6. The Hall–Kier alpha value is -4.22. The third-order valence-electron chi connectivity index (χ3n) is 5.97. The van der Waals surface area contributed by atoms with Crippen LogP contribution in [0.1, 0.15) is 24.2 Å². The van der Waals surface area contributed by atoms with Gasteiger partial charge in [0.15, 0.2) is 0 Å². The van der Waals surface area contributed by atoms with Crippen LogP contribution in [0, 0.1) is 0 Å². The van der Waals surface area contributed by atoms with Gasteiger partial charge in [-0.1, -0.05) is 35.9 Å². The molecular weight excluding hydrogens is 519 g/mol. The lowest BCUT2D eigenvalue weighted by Crippen LogP contribution is -2.26. The van der Waals surface area contributed by atoms with Gasteiger partial charge in [0.1, 0.15) is 10.7 Å². The van der Waals surface area contributed by atoms with Gasteiger partial charge in [-0.05, 0) is 42.1 Å². The van der Waals surface area contributed by atoms with E-state index in [0.717, 1.165) is 16.5 Å². The van der Waals surface area contributed by atoms with Crippen LogP contribution < -0.4 is 16.6 Å². The fourth-order valence-electron chi connectivity index (χ4n) is 4.25. The van der Waals surface area contributed by atoms with Crippen molar-refractivity contribution in [3.05, 3.63) is 93.9 Å². The zero-order valence-corrected chi connectivity index (χ0v) is 20.9. The van der Waals surface area contributed by atoms with Crippen LogP contribution in [0.3, 0.4) is 0 Å². The Morgan fingerprint density at radius 3 is 2.53 bits per heavy atom. The number of aromatic nitrogens is 5. The Morgan fingerprint density at radius 1 is 1.11 bits per heavy atom. The molecule has 0 fully saturated rings. The first-order chi connectivity index (χ1) is 18.0. The number of rotatable bonds is 5. The summed E-state index contributed by atoms with van der Waals surface area (Å²) in [6.07, 6.45) is -0.532. The van der Waals surface area contributed by atoms with Crippen molar-refractivity contribution in [2.45, 2.75) is 19.1 Å². The number of nitrogens with one attached hydrogen (secondary N) is 1. The number of alkyl halides is 3. The molecule has 3 heterocycles. The number of nitrogens with zero attached hydrogens (tertiary/aromatic N) is 5. The number of hydrogen-bond donors (Lipinski definition) is 2. The maximum absolute atomic E-state index is 14.0. The molecule has 0 spiro atoms. The molecule has 5 rings (SSSR count). The molecular formula is C26H21ClF3N7O. The van der Waals surface area contributed by atoms with Gasteiger partial charge in [0.25, 0.3) is 5.56 Å². The molecule has 0 aliphatic carbocycles. The Labute approximate surface area is 219 Å². The van der Waals surface area contributed by atoms with Gasteiger partial charge in [-0.2, -0.15) is 18.3 Å². The van der Waals surface area contributed by atoms with Gasteiger partial charge in [-0.15, -0.1) is 0 Å². The van der Waals surface area contributed by atoms with E-state index in [0.29, 0.717) is 28.7 Å². The first-order valence-corrected chi connectivity index (χ1v) is 11.8. The van der Waals surface area contributed by atoms with Gasteiger partial charge in [0, 0.05) is 42.4 Å². The fraction of sp³-hybridized carbons (Fsp3) is 0.154. The van der Waals surface area contributed by atoms with Crippen molar-refractivity contribution in [2.75, 3.05) is 5.32 Å². The highest BCUT2D eigenvalue weighted by atomic mass is 35.5. The van der Waals surface area contributed by atoms with E-state index in [4.69, 9.17) is 17.3 Å². The van der Waals surface area contributed by atoms with Gasteiger partial charge in [0.05, 0.1) is 17.3 Å². The van der Waals surface area contributed by atoms with E-state index in [2.05, 4.69) is 20.4 Å². The van der Waals surface area contributed by atoms with Crippen molar-refractivity contribution >= 4 is 34.0 Å². The molecule has 0 unspecified atom stereocenters. The third-order valence-corrected chi connectivity index (χ3v) is 6.25. The van der Waals surface area contributed by atoms with E-state index in [9.17, 15) is 18.0 Å². The summed E-state index contributed by atoms with van der Waals surface area (Å²) in [6.45, 7) is 1.78. The molecule has 2 aromatic carbocycles. The zero-order valence-electron chi connectivity index (χ0n) is 20.2. The van der Waals surface area contributed by atoms with Gasteiger partial charge in [-0.3, -0.25) is 14.0 Å². The lowest BCUT2D eigenvalue weighted by atomic mass is 10.00. The predicted molar refractivity (Wildman–Crippen MR) is 140 cm³/mol. The van der Waals surface area contributed by atoms with Crippen LogP contribution in [-0.4, -0.2) is 24.3 Å². The first-order valence-electron chi connectivity index (χ1n) is 11.4. The summed E-state index contributed by atoms with van der Waals surface area (Å²) in [6, 6.07) is 13.7. The van der Waals surface area contributed by atoms with Crippen LogP contribution in [0.5, 0.6) is 0 Å². The summed E-state index contributed by atoms with van der Waals surface area (Å²) in [7, 11) is 1.80. The quantitative estimate of drug-likeness (QED) is 0.281. The van der Waals surface area contributed by atoms with E-state index >= 15 is 0 Å². The Morgan fingerprint density at radius 2 is 1.87 bits per heavy atom. The van der Waals surface area contributed by atoms with Crippen molar-refractivity contribution in [3.63, 3.8) is 0 Å². The van der Waals surface area contributed by atoms with Crippen LogP contribution in [0.15, 0.2) is 71.9 Å². The molecule has 0 bridgehead atoms. The number of anilines is 2. The summed E-state index contributed by atoms with van der Waals surface area (Å²) < 4.78 is 42.2. The summed E-state index contributed by atoms with van der Waals surface area (Å²) in [5, 5.41) is 7.59. The maximum atomic E-state index is 14.0. The van der Waals surface area contributed by atoms with Crippen molar-refractivity contribution in [1.82, 2.24) is 24.3 Å². The standard InChI is InChI=1S/C26H21ClF3N7O/c1-14(31)21-9-15-5-3-8-19(16-11-33-36(2)13-16)22(15)24(38)37(21)18-7-4-6-17(10-18)34-25-32-12-20(23(27)35-25)26(28,29)30/h3-14H,31H2,1-2H3,(H,32,34,35)/t14-/m0/s1. The van der Waals surface area contributed by atoms with Crippen molar-refractivity contribution in [1.29, 1.82) is 0 Å². The van der Waals surface area contributed by atoms with Crippen molar-refractivity contribution < 1.29 is 13.2 Å². The van der Waals surface area contributed by atoms with E-state index in [1.54, 1.807) is 49.1 Å². The van der Waals surface area contributed by atoms with Crippen LogP contribution in [0.2, 0.25) is 5.15 Å². The number of benzene rings is 2. The minimum absolute atomic E-state index is 0.128. The highest BCUT2D eigenvalue weighted by Gasteiger charge is 2.34. The molecule has 0 saturated carbocycles. The minimum atomic E-state index is -4.67. The number of halogens is 4. The number of aryl methyl sites for hydroxylation is 1. The van der Waals surface area contributed by atoms with Crippen molar-refractivity contribution in [2.24, 2.45) is 12.8 Å². The maximum Gasteiger partial charge on any atom is 0.420 e. The second-order valence-electron chi connectivity index (χ2n) is 8.74. The zero-order chi connectivity index (χ0) is 27.2. The van der Waals surface area contributed by atoms with E-state index in [1.807, 2.05) is 30.5 Å². The molecule has 0 aliphatic rings. The normalized spacial score (nSPS) is 12.6. The lowest BCUT2D eigenvalue weighted by Gasteiger charge is -2.19. The fourth-order valence-corrected chi connectivity index (χ4v) is 4.48. The molecule has 194 valence electrons. The van der Waals surface area contributed by atoms with Crippen molar-refractivity contribution in [3.8, 4) is 16.8 Å². The first kappa shape index (κ1) is 25.4. The van der Waals surface area contributed by atoms with Crippen LogP contribution in [0.25, 0.3) is 27.6 Å². The van der Waals surface area contributed by atoms with Gasteiger partial charge < -0.3 is 11.1 Å². The minimum Gasteiger partial charge on any atom is -0.324 e. The summed E-state index contributed by atoms with van der Waals surface area (Å²) in [5.41, 5.74) is 7.90. The molecule has 0 amide bonds. The molecule has 0 aliphatic heterocycles. The molecule has 1 atom stereocenters. The third kappa shape index (κ3) is 4.73. The van der Waals surface area contributed by atoms with Gasteiger partial charge in [0.2, 0.25) is 5.95 Å². The highest BCUT2D eigenvalue weighted by Crippen LogP contribution is 2.34. The Balaban J connectivity index is 1.63. The van der Waals surface area contributed by atoms with E-state index < -0.39 is 22.9 Å². The molecule has 3 N–H and O–H groups in total. The Bertz CT molecular complexity index is 1730. The number of fused-ring (bicyclic) bond motifs is 1. The molecule has 0 radical (unpaired) electrons. The number of nitrogens with two attached hydrogens (primary N) is 1. The monoisotopic (exact) mass is 539 g/mol. The molecule has 8 nitrogen and oxygen atoms in total. The molecule has 5 aromatic rings. The topological polar surface area (TPSA) is 104 Å². The van der Waals surface area contributed by atoms with E-state index in [-0.39, 0.29) is 11.5 Å². The summed E-state index contributed by atoms with van der Waals surface area (Å²) in [4.78, 5) is 21.5. The van der Waals surface area contributed by atoms with Crippen LogP contribution >= 0.6 is 11.6 Å². The lowest BCUT2D eigenvalue weighted by molar-refractivity contribution is -0.137. The largest absolute Gasteiger partial charge is 0.420 e. The SMILES string of the molecule is C[C@H](N)c1cc2cccc(-c3cnn(C)c3)c2c(=O)n1-c1cccc(Nc2ncc(C(F)(F)F)c(Cl)n2)c1. The summed E-state index contributed by atoms with van der Waals surface area (Å²) >= 11 is 5.73. The molecule has 3 aromatic heterocycles. The highest BCUT2D eigenvalue weighted by molar-refractivity contribution is 6.30. The molecule has 12 heteroatoms. The van der Waals surface area contributed by atoms with Crippen LogP contribution in [0.4, 0.5) is 24.8 Å². The average Bonchev–Trinajstić information content (AvgIpc) is 3.29. The van der Waals surface area contributed by atoms with E-state index in [1.165, 1.54) is 4.57 Å². The van der Waals surface area contributed by atoms with Gasteiger partial charge >= 0.3 is 6.18 Å². The predicted octanol–water partition coefficient (Wildman–Crippen LogP) is 5.62. The average molecular weight is 540 g/mol. The second kappa shape index (κ2) is 9.58. The molecule has 38 heavy (non-hydrogen) atoms.